The molecule has 0 bridgehead atoms. The molecule has 12 nitrogen and oxygen atoms in total. The van der Waals surface area contributed by atoms with Gasteiger partial charge in [-0.1, -0.05) is 17.8 Å². The Morgan fingerprint density at radius 1 is 1.30 bits per heavy atom. The van der Waals surface area contributed by atoms with E-state index in [-0.39, 0.29) is 27.9 Å². The highest BCUT2D eigenvalue weighted by molar-refractivity contribution is 8.15. The summed E-state index contributed by atoms with van der Waals surface area (Å²) in [5.41, 5.74) is 0.518. The van der Waals surface area contributed by atoms with Gasteiger partial charge in [0.2, 0.25) is 5.91 Å². The van der Waals surface area contributed by atoms with Crippen molar-refractivity contribution >= 4 is 50.8 Å². The maximum absolute atomic E-state index is 12.4. The quantitative estimate of drug-likeness (QED) is 0.241. The van der Waals surface area contributed by atoms with Crippen molar-refractivity contribution in [2.45, 2.75) is 23.5 Å². The zero-order chi connectivity index (χ0) is 24.2. The average Bonchev–Trinajstić information content (AvgIpc) is 3.07. The van der Waals surface area contributed by atoms with Crippen LogP contribution < -0.4 is 9.50 Å². The van der Waals surface area contributed by atoms with Crippen molar-refractivity contribution in [3.63, 3.8) is 0 Å². The predicted molar refractivity (Wildman–Crippen MR) is 119 cm³/mol. The van der Waals surface area contributed by atoms with Gasteiger partial charge in [-0.05, 0) is 42.8 Å². The average molecular weight is 492 g/mol. The van der Waals surface area contributed by atoms with Gasteiger partial charge in [0.15, 0.2) is 5.17 Å². The number of carboxylic acid groups (broad SMARTS) is 1. The lowest BCUT2D eigenvalue weighted by Crippen LogP contribution is -2.26. The summed E-state index contributed by atoms with van der Waals surface area (Å²) in [5, 5.41) is 29.3. The molecule has 1 fully saturated rings. The first-order valence-electron chi connectivity index (χ1n) is 9.15. The number of aliphatic carboxylic acids is 1. The van der Waals surface area contributed by atoms with Crippen LogP contribution in [0.1, 0.15) is 17.5 Å². The minimum absolute atomic E-state index is 0.0168. The number of amides is 1. The van der Waals surface area contributed by atoms with Gasteiger partial charge < -0.3 is 14.6 Å². The molecule has 1 atom stereocenters. The smallest absolute Gasteiger partial charge is 0.339 e. The van der Waals surface area contributed by atoms with Gasteiger partial charge in [0.1, 0.15) is 15.9 Å². The molecule has 172 valence electrons. The molecular weight excluding hydrogens is 476 g/mol. The molecule has 0 aliphatic carbocycles. The number of thioether (sulfide) groups is 1. The van der Waals surface area contributed by atoms with Crippen LogP contribution in [0.15, 0.2) is 57.6 Å². The monoisotopic (exact) mass is 492 g/mol. The summed E-state index contributed by atoms with van der Waals surface area (Å²) in [4.78, 5) is 32.4. The number of nitrogens with zero attached hydrogens (tertiary/aromatic N) is 3. The molecule has 2 aromatic carbocycles. The molecule has 0 saturated carbocycles. The summed E-state index contributed by atoms with van der Waals surface area (Å²) in [6.07, 6.45) is 1.01. The maximum atomic E-state index is 12.4. The number of nitro benzene ring substituents is 1. The van der Waals surface area contributed by atoms with Crippen molar-refractivity contribution < 1.29 is 32.2 Å². The molecule has 0 radical (unpaired) electrons. The minimum atomic E-state index is -4.29. The number of carboxylic acids is 1. The third kappa shape index (κ3) is 6.14. The number of nitrogens with one attached hydrogen (secondary N) is 1. The summed E-state index contributed by atoms with van der Waals surface area (Å²) in [7, 11) is -4.29. The Morgan fingerprint density at radius 2 is 2.00 bits per heavy atom. The van der Waals surface area contributed by atoms with Crippen LogP contribution in [-0.2, 0) is 19.7 Å². The van der Waals surface area contributed by atoms with Crippen LogP contribution in [-0.4, -0.2) is 47.0 Å². The summed E-state index contributed by atoms with van der Waals surface area (Å²) in [5.74, 6) is -1.58. The first-order valence-corrected chi connectivity index (χ1v) is 11.4. The van der Waals surface area contributed by atoms with Crippen LogP contribution in [0.3, 0.4) is 0 Å². The molecule has 1 aliphatic heterocycles. The van der Waals surface area contributed by atoms with E-state index in [1.807, 2.05) is 0 Å². The third-order valence-corrected chi connectivity index (χ3v) is 6.56. The number of aryl methyl sites for hydroxylation is 1. The Balaban J connectivity index is 1.66. The molecule has 0 spiro atoms. The largest absolute Gasteiger partial charge is 0.481 e. The van der Waals surface area contributed by atoms with Crippen LogP contribution >= 0.6 is 11.8 Å². The Labute approximate surface area is 191 Å². The first-order chi connectivity index (χ1) is 15.5. The van der Waals surface area contributed by atoms with Gasteiger partial charge in [-0.2, -0.15) is 13.5 Å². The Kier molecular flexibility index (Phi) is 7.08. The number of carbonyl (C=O) groups is 2. The standard InChI is InChI=1S/C19H16N4O8S2/c1-11-2-7-14(8-15(11)23(27)28)33(29,30)31-13-5-3-12(4-6-13)10-20-22-19-21-18(26)16(32-19)9-17(24)25/h2-8,10,16H,9H2,1H3,(H,24,25)(H,21,22,26)/b20-10-/t16-/m0/s1. The van der Waals surface area contributed by atoms with E-state index >= 15 is 0 Å². The van der Waals surface area contributed by atoms with E-state index in [1.165, 1.54) is 49.5 Å². The molecule has 1 aliphatic rings. The molecule has 2 N–H and O–H groups in total. The fourth-order valence-corrected chi connectivity index (χ4v) is 4.49. The highest BCUT2D eigenvalue weighted by atomic mass is 32.2. The van der Waals surface area contributed by atoms with Crippen molar-refractivity contribution in [1.29, 1.82) is 0 Å². The maximum Gasteiger partial charge on any atom is 0.339 e. The van der Waals surface area contributed by atoms with Crippen LogP contribution in [0.5, 0.6) is 5.75 Å². The summed E-state index contributed by atoms with van der Waals surface area (Å²) < 4.78 is 29.9. The molecule has 0 aromatic heterocycles. The Morgan fingerprint density at radius 3 is 2.64 bits per heavy atom. The van der Waals surface area contributed by atoms with Gasteiger partial charge in [0, 0.05) is 11.6 Å². The van der Waals surface area contributed by atoms with Gasteiger partial charge in [0.25, 0.3) is 5.69 Å². The van der Waals surface area contributed by atoms with E-state index in [0.717, 1.165) is 17.8 Å². The van der Waals surface area contributed by atoms with Gasteiger partial charge in [0.05, 0.1) is 17.6 Å². The van der Waals surface area contributed by atoms with Crippen LogP contribution in [0.25, 0.3) is 0 Å². The highest BCUT2D eigenvalue weighted by Crippen LogP contribution is 2.25. The summed E-state index contributed by atoms with van der Waals surface area (Å²) in [6, 6.07) is 9.21. The number of rotatable bonds is 8. The Bertz CT molecular complexity index is 1270. The van der Waals surface area contributed by atoms with E-state index < -0.39 is 32.2 Å². The second-order valence-electron chi connectivity index (χ2n) is 6.66. The lowest BCUT2D eigenvalue weighted by Gasteiger charge is -2.08. The van der Waals surface area contributed by atoms with Crippen molar-refractivity contribution in [3.8, 4) is 5.75 Å². The Hall–Kier alpha value is -3.78. The van der Waals surface area contributed by atoms with E-state index in [0.29, 0.717) is 11.1 Å². The lowest BCUT2D eigenvalue weighted by molar-refractivity contribution is -0.385. The lowest BCUT2D eigenvalue weighted by atomic mass is 10.2. The molecule has 1 heterocycles. The van der Waals surface area contributed by atoms with Crippen LogP contribution in [0.4, 0.5) is 5.69 Å². The number of carbonyl (C=O) groups excluding carboxylic acids is 1. The fraction of sp³-hybridized carbons (Fsp3) is 0.158. The van der Waals surface area contributed by atoms with Crippen molar-refractivity contribution in [3.05, 3.63) is 63.7 Å². The highest BCUT2D eigenvalue weighted by Gasteiger charge is 2.32. The molecule has 14 heteroatoms. The van der Waals surface area contributed by atoms with Crippen molar-refractivity contribution in [2.75, 3.05) is 0 Å². The normalized spacial score (nSPS) is 17.3. The fourth-order valence-electron chi connectivity index (χ4n) is 2.62. The number of benzene rings is 2. The molecule has 2 aromatic rings. The molecular formula is C19H16N4O8S2. The summed E-state index contributed by atoms with van der Waals surface area (Å²) >= 11 is 0.958. The van der Waals surface area contributed by atoms with Gasteiger partial charge in [-0.3, -0.25) is 19.7 Å². The zero-order valence-corrected chi connectivity index (χ0v) is 18.5. The first kappa shape index (κ1) is 23.9. The number of nitro groups is 1. The molecule has 3 rings (SSSR count). The van der Waals surface area contributed by atoms with Crippen LogP contribution in [0, 0.1) is 17.0 Å². The van der Waals surface area contributed by atoms with Gasteiger partial charge >= 0.3 is 16.1 Å². The van der Waals surface area contributed by atoms with E-state index in [2.05, 4.69) is 15.5 Å². The molecule has 1 saturated heterocycles. The second-order valence-corrected chi connectivity index (χ2v) is 9.39. The van der Waals surface area contributed by atoms with E-state index in [1.54, 1.807) is 0 Å². The predicted octanol–water partition coefficient (Wildman–Crippen LogP) is 2.07. The topological polar surface area (TPSA) is 178 Å². The van der Waals surface area contributed by atoms with Gasteiger partial charge in [-0.25, -0.2) is 0 Å². The zero-order valence-electron chi connectivity index (χ0n) is 16.9. The van der Waals surface area contributed by atoms with E-state index in [9.17, 15) is 28.1 Å². The summed E-state index contributed by atoms with van der Waals surface area (Å²) in [6.45, 7) is 1.49. The van der Waals surface area contributed by atoms with E-state index in [4.69, 9.17) is 9.29 Å². The number of amidine groups is 1. The minimum Gasteiger partial charge on any atom is -0.481 e. The van der Waals surface area contributed by atoms with Crippen LogP contribution in [0.2, 0.25) is 0 Å². The second kappa shape index (κ2) is 9.79. The van der Waals surface area contributed by atoms with Gasteiger partial charge in [-0.15, -0.1) is 5.10 Å². The van der Waals surface area contributed by atoms with Crippen molar-refractivity contribution in [1.82, 2.24) is 5.32 Å². The number of hydrogen-bond donors (Lipinski definition) is 2. The molecule has 1 amide bonds. The molecule has 33 heavy (non-hydrogen) atoms. The molecule has 0 unspecified atom stereocenters. The third-order valence-electron chi connectivity index (χ3n) is 4.24. The van der Waals surface area contributed by atoms with Crippen molar-refractivity contribution in [2.24, 2.45) is 10.2 Å². The SMILES string of the molecule is Cc1ccc(S(=O)(=O)Oc2ccc(/C=N\N=C3/NC(=O)[C@H](CC(=O)O)S3)cc2)cc1[N+](=O)[O-]. The number of hydrogen-bond acceptors (Lipinski definition) is 10.